The van der Waals surface area contributed by atoms with Crippen LogP contribution in [0.5, 0.6) is 0 Å². The Morgan fingerprint density at radius 2 is 2.33 bits per heavy atom. The average molecular weight is 363 g/mol. The fourth-order valence-corrected chi connectivity index (χ4v) is 2.70. The van der Waals surface area contributed by atoms with E-state index < -0.39 is 0 Å². The zero-order valence-electron chi connectivity index (χ0n) is 10.0. The number of benzene rings is 1. The zero-order chi connectivity index (χ0) is 13.3. The van der Waals surface area contributed by atoms with Gasteiger partial charge in [-0.1, -0.05) is 6.92 Å². The van der Waals surface area contributed by atoms with Crippen molar-refractivity contribution in [2.45, 2.75) is 19.4 Å². The lowest BCUT2D eigenvalue weighted by Gasteiger charge is -2.37. The van der Waals surface area contributed by atoms with Crippen molar-refractivity contribution in [3.63, 3.8) is 0 Å². The molecule has 1 heterocycles. The summed E-state index contributed by atoms with van der Waals surface area (Å²) < 4.78 is 14.1. The van der Waals surface area contributed by atoms with Gasteiger partial charge in [-0.25, -0.2) is 4.39 Å². The van der Waals surface area contributed by atoms with Crippen LogP contribution in [0.4, 0.5) is 15.8 Å². The molecule has 1 aromatic rings. The van der Waals surface area contributed by atoms with Crippen LogP contribution in [-0.2, 0) is 4.79 Å². The molecule has 0 radical (unpaired) electrons. The standard InChI is InChI=1S/C12H15FIN3O/c1-2-10-12(18)16-3-4-17(10)11-5-7(13)8(14)6-9(11)15/h5-6,10H,2-4,15H2,1H3,(H,16,18). The van der Waals surface area contributed by atoms with Gasteiger partial charge in [0.05, 0.1) is 14.9 Å². The van der Waals surface area contributed by atoms with E-state index in [1.807, 2.05) is 34.4 Å². The van der Waals surface area contributed by atoms with E-state index >= 15 is 0 Å². The summed E-state index contributed by atoms with van der Waals surface area (Å²) in [6.45, 7) is 3.14. The lowest BCUT2D eigenvalue weighted by molar-refractivity contribution is -0.123. The summed E-state index contributed by atoms with van der Waals surface area (Å²) in [4.78, 5) is 13.7. The van der Waals surface area contributed by atoms with Crippen molar-refractivity contribution in [3.8, 4) is 0 Å². The van der Waals surface area contributed by atoms with Crippen molar-refractivity contribution in [2.75, 3.05) is 23.7 Å². The van der Waals surface area contributed by atoms with Crippen molar-refractivity contribution in [2.24, 2.45) is 0 Å². The fraction of sp³-hybridized carbons (Fsp3) is 0.417. The number of hydrogen-bond donors (Lipinski definition) is 2. The molecule has 1 fully saturated rings. The summed E-state index contributed by atoms with van der Waals surface area (Å²) >= 11 is 1.90. The fourth-order valence-electron chi connectivity index (χ4n) is 2.21. The van der Waals surface area contributed by atoms with E-state index in [1.54, 1.807) is 6.07 Å². The number of anilines is 2. The molecule has 0 aromatic heterocycles. The first-order valence-electron chi connectivity index (χ1n) is 5.83. The van der Waals surface area contributed by atoms with Crippen LogP contribution in [0.3, 0.4) is 0 Å². The third-order valence-electron chi connectivity index (χ3n) is 3.10. The van der Waals surface area contributed by atoms with Crippen LogP contribution in [-0.4, -0.2) is 25.0 Å². The van der Waals surface area contributed by atoms with E-state index in [9.17, 15) is 9.18 Å². The Hall–Kier alpha value is -1.05. The Balaban J connectivity index is 2.40. The second kappa shape index (κ2) is 5.29. The highest BCUT2D eigenvalue weighted by Crippen LogP contribution is 2.30. The van der Waals surface area contributed by atoms with Crippen LogP contribution in [0.1, 0.15) is 13.3 Å². The molecular weight excluding hydrogens is 348 g/mol. The molecule has 1 atom stereocenters. The molecule has 18 heavy (non-hydrogen) atoms. The van der Waals surface area contributed by atoms with Crippen molar-refractivity contribution in [1.29, 1.82) is 0 Å². The summed E-state index contributed by atoms with van der Waals surface area (Å²) in [6, 6.07) is 2.74. The highest BCUT2D eigenvalue weighted by molar-refractivity contribution is 14.1. The molecule has 3 N–H and O–H groups in total. The number of rotatable bonds is 2. The molecule has 6 heteroatoms. The van der Waals surface area contributed by atoms with Crippen LogP contribution >= 0.6 is 22.6 Å². The molecule has 2 rings (SSSR count). The Morgan fingerprint density at radius 3 is 3.00 bits per heavy atom. The molecule has 1 aliphatic heterocycles. The van der Waals surface area contributed by atoms with Gasteiger partial charge in [-0.2, -0.15) is 0 Å². The topological polar surface area (TPSA) is 58.4 Å². The molecule has 98 valence electrons. The lowest BCUT2D eigenvalue weighted by Crippen LogP contribution is -2.55. The smallest absolute Gasteiger partial charge is 0.242 e. The number of amides is 1. The van der Waals surface area contributed by atoms with Crippen molar-refractivity contribution >= 4 is 39.9 Å². The van der Waals surface area contributed by atoms with Crippen molar-refractivity contribution in [3.05, 3.63) is 21.5 Å². The third-order valence-corrected chi connectivity index (χ3v) is 3.92. The van der Waals surface area contributed by atoms with Gasteiger partial charge >= 0.3 is 0 Å². The largest absolute Gasteiger partial charge is 0.397 e. The summed E-state index contributed by atoms with van der Waals surface area (Å²) in [5.74, 6) is -0.331. The lowest BCUT2D eigenvalue weighted by atomic mass is 10.1. The summed E-state index contributed by atoms with van der Waals surface area (Å²) in [5.41, 5.74) is 7.05. The van der Waals surface area contributed by atoms with Crippen LogP contribution in [0, 0.1) is 9.39 Å². The van der Waals surface area contributed by atoms with Gasteiger partial charge in [0, 0.05) is 19.2 Å². The number of nitrogens with one attached hydrogen (secondary N) is 1. The summed E-state index contributed by atoms with van der Waals surface area (Å²) in [7, 11) is 0. The monoisotopic (exact) mass is 363 g/mol. The number of nitrogen functional groups attached to an aromatic ring is 1. The molecule has 0 aliphatic carbocycles. The third kappa shape index (κ3) is 2.38. The maximum Gasteiger partial charge on any atom is 0.242 e. The number of carbonyl (C=O) groups excluding carboxylic acids is 1. The van der Waals surface area contributed by atoms with Crippen LogP contribution < -0.4 is 16.0 Å². The van der Waals surface area contributed by atoms with Crippen molar-refractivity contribution in [1.82, 2.24) is 5.32 Å². The zero-order valence-corrected chi connectivity index (χ0v) is 12.2. The maximum atomic E-state index is 13.7. The van der Waals surface area contributed by atoms with Gasteiger partial charge in [-0.15, -0.1) is 0 Å². The summed E-state index contributed by atoms with van der Waals surface area (Å²) in [5, 5.41) is 2.81. The van der Waals surface area contributed by atoms with E-state index in [2.05, 4.69) is 5.32 Å². The van der Waals surface area contributed by atoms with Crippen LogP contribution in [0.15, 0.2) is 12.1 Å². The number of nitrogens with zero attached hydrogens (tertiary/aromatic N) is 1. The second-order valence-electron chi connectivity index (χ2n) is 4.23. The highest BCUT2D eigenvalue weighted by Gasteiger charge is 2.29. The van der Waals surface area contributed by atoms with E-state index in [0.29, 0.717) is 34.5 Å². The molecule has 1 aromatic carbocycles. The molecule has 4 nitrogen and oxygen atoms in total. The molecule has 0 bridgehead atoms. The van der Waals surface area contributed by atoms with Gasteiger partial charge in [0.25, 0.3) is 0 Å². The first-order chi connectivity index (χ1) is 8.54. The first kappa shape index (κ1) is 13.4. The Morgan fingerprint density at radius 1 is 1.61 bits per heavy atom. The Bertz CT molecular complexity index is 481. The van der Waals surface area contributed by atoms with Gasteiger partial charge in [0.2, 0.25) is 5.91 Å². The average Bonchev–Trinajstić information content (AvgIpc) is 2.33. The first-order valence-corrected chi connectivity index (χ1v) is 6.91. The molecule has 1 aliphatic rings. The van der Waals surface area contributed by atoms with Gasteiger partial charge in [-0.05, 0) is 35.1 Å². The molecule has 1 saturated heterocycles. The number of hydrogen-bond acceptors (Lipinski definition) is 3. The predicted molar refractivity (Wildman–Crippen MR) is 78.0 cm³/mol. The van der Waals surface area contributed by atoms with Crippen LogP contribution in [0.2, 0.25) is 0 Å². The molecule has 0 spiro atoms. The number of piperazine rings is 1. The molecular formula is C12H15FIN3O. The molecule has 0 saturated carbocycles. The maximum absolute atomic E-state index is 13.7. The van der Waals surface area contributed by atoms with Gasteiger partial charge < -0.3 is 16.0 Å². The van der Waals surface area contributed by atoms with E-state index in [1.165, 1.54) is 6.07 Å². The van der Waals surface area contributed by atoms with E-state index in [-0.39, 0.29) is 17.8 Å². The minimum atomic E-state index is -0.305. The van der Waals surface area contributed by atoms with Crippen LogP contribution in [0.25, 0.3) is 0 Å². The van der Waals surface area contributed by atoms with E-state index in [4.69, 9.17) is 5.73 Å². The quantitative estimate of drug-likeness (QED) is 0.622. The minimum Gasteiger partial charge on any atom is -0.397 e. The minimum absolute atomic E-state index is 0.0258. The predicted octanol–water partition coefficient (Wildman–Crippen LogP) is 1.73. The van der Waals surface area contributed by atoms with Gasteiger partial charge in [0.1, 0.15) is 11.9 Å². The number of carbonyl (C=O) groups is 1. The second-order valence-corrected chi connectivity index (χ2v) is 5.40. The SMILES string of the molecule is CCC1C(=O)NCCN1c1cc(F)c(I)cc1N. The Kier molecular flexibility index (Phi) is 3.94. The van der Waals surface area contributed by atoms with E-state index in [0.717, 1.165) is 0 Å². The molecule has 1 amide bonds. The van der Waals surface area contributed by atoms with Crippen molar-refractivity contribution < 1.29 is 9.18 Å². The normalized spacial score (nSPS) is 19.8. The number of nitrogens with two attached hydrogens (primary N) is 1. The van der Waals surface area contributed by atoms with Gasteiger partial charge in [0.15, 0.2) is 0 Å². The highest BCUT2D eigenvalue weighted by atomic mass is 127. The Labute approximate surface area is 119 Å². The number of halogens is 2. The summed E-state index contributed by atoms with van der Waals surface area (Å²) in [6.07, 6.45) is 0.666. The van der Waals surface area contributed by atoms with Gasteiger partial charge in [-0.3, -0.25) is 4.79 Å². The molecule has 1 unspecified atom stereocenters.